The molecule has 3 atom stereocenters. The van der Waals surface area contributed by atoms with E-state index in [0.29, 0.717) is 12.6 Å². The lowest BCUT2D eigenvalue weighted by Crippen LogP contribution is -2.53. The van der Waals surface area contributed by atoms with Crippen LogP contribution in [0.3, 0.4) is 0 Å². The first-order chi connectivity index (χ1) is 6.81. The molecule has 0 unspecified atom stereocenters. The largest absolute Gasteiger partial charge is 0.450 e. The van der Waals surface area contributed by atoms with Crippen LogP contribution in [0.15, 0.2) is 0 Å². The maximum atomic E-state index is 11.2. The van der Waals surface area contributed by atoms with Gasteiger partial charge in [-0.1, -0.05) is 19.3 Å². The smallest absolute Gasteiger partial charge is 0.407 e. The van der Waals surface area contributed by atoms with E-state index < -0.39 is 0 Å². The molecule has 0 heterocycles. The normalized spacial score (nSPS) is 35.4. The summed E-state index contributed by atoms with van der Waals surface area (Å²) >= 11 is 0. The van der Waals surface area contributed by atoms with Crippen molar-refractivity contribution in [2.75, 3.05) is 6.61 Å². The monoisotopic (exact) mass is 197 g/mol. The molecule has 0 aromatic carbocycles. The van der Waals surface area contributed by atoms with E-state index in [1.807, 2.05) is 6.92 Å². The molecule has 0 bridgehead atoms. The van der Waals surface area contributed by atoms with Gasteiger partial charge in [0, 0.05) is 6.04 Å². The minimum absolute atomic E-state index is 0.235. The van der Waals surface area contributed by atoms with Gasteiger partial charge in [-0.2, -0.15) is 0 Å². The van der Waals surface area contributed by atoms with Crippen LogP contribution in [0.5, 0.6) is 0 Å². The van der Waals surface area contributed by atoms with E-state index in [4.69, 9.17) is 4.74 Å². The van der Waals surface area contributed by atoms with Crippen LogP contribution in [-0.2, 0) is 4.74 Å². The zero-order valence-corrected chi connectivity index (χ0v) is 8.79. The quantitative estimate of drug-likeness (QED) is 0.737. The van der Waals surface area contributed by atoms with Gasteiger partial charge in [0.05, 0.1) is 6.61 Å². The van der Waals surface area contributed by atoms with E-state index in [1.54, 1.807) is 0 Å². The molecule has 3 nitrogen and oxygen atoms in total. The van der Waals surface area contributed by atoms with Crippen molar-refractivity contribution in [3.8, 4) is 0 Å². The SMILES string of the molecule is CCOC(=O)N[C@@H]1C[C@H]2CCCC[C@H]21. The standard InChI is InChI=1S/C11H19NO2/c1-2-14-11(13)12-10-7-8-5-3-4-6-9(8)10/h8-10H,2-7H2,1H3,(H,12,13)/t8-,9-,10-/m1/s1. The number of nitrogens with one attached hydrogen (secondary N) is 1. The fraction of sp³-hybridized carbons (Fsp3) is 0.909. The van der Waals surface area contributed by atoms with Crippen molar-refractivity contribution >= 4 is 6.09 Å². The molecule has 2 aliphatic carbocycles. The zero-order valence-electron chi connectivity index (χ0n) is 8.79. The number of carbonyl (C=O) groups is 1. The van der Waals surface area contributed by atoms with Crippen molar-refractivity contribution in [2.24, 2.45) is 11.8 Å². The highest BCUT2D eigenvalue weighted by atomic mass is 16.5. The van der Waals surface area contributed by atoms with Crippen LogP contribution in [0.4, 0.5) is 4.79 Å². The first-order valence-electron chi connectivity index (χ1n) is 5.74. The van der Waals surface area contributed by atoms with E-state index in [9.17, 15) is 4.79 Å². The van der Waals surface area contributed by atoms with Gasteiger partial charge in [-0.3, -0.25) is 0 Å². The molecule has 0 aliphatic heterocycles. The Morgan fingerprint density at radius 2 is 2.21 bits per heavy atom. The average molecular weight is 197 g/mol. The molecule has 2 rings (SSSR count). The number of hydrogen-bond acceptors (Lipinski definition) is 2. The molecule has 14 heavy (non-hydrogen) atoms. The molecule has 0 saturated heterocycles. The molecular formula is C11H19NO2. The molecule has 0 spiro atoms. The Balaban J connectivity index is 1.75. The molecular weight excluding hydrogens is 178 g/mol. The lowest BCUT2D eigenvalue weighted by molar-refractivity contribution is 0.0539. The van der Waals surface area contributed by atoms with Crippen molar-refractivity contribution in [2.45, 2.75) is 45.1 Å². The van der Waals surface area contributed by atoms with Crippen LogP contribution in [0, 0.1) is 11.8 Å². The van der Waals surface area contributed by atoms with E-state index in [-0.39, 0.29) is 6.09 Å². The van der Waals surface area contributed by atoms with Crippen molar-refractivity contribution in [1.29, 1.82) is 0 Å². The second kappa shape index (κ2) is 4.20. The Labute approximate surface area is 85.2 Å². The molecule has 80 valence electrons. The fourth-order valence-electron chi connectivity index (χ4n) is 2.85. The summed E-state index contributed by atoms with van der Waals surface area (Å²) in [7, 11) is 0. The summed E-state index contributed by atoms with van der Waals surface area (Å²) in [6, 6.07) is 0.402. The Kier molecular flexibility index (Phi) is 2.94. The third-order valence-electron chi connectivity index (χ3n) is 3.62. The number of hydrogen-bond donors (Lipinski definition) is 1. The third-order valence-corrected chi connectivity index (χ3v) is 3.62. The van der Waals surface area contributed by atoms with E-state index >= 15 is 0 Å². The van der Waals surface area contributed by atoms with Crippen LogP contribution >= 0.6 is 0 Å². The van der Waals surface area contributed by atoms with E-state index in [0.717, 1.165) is 11.8 Å². The Morgan fingerprint density at radius 3 is 2.93 bits per heavy atom. The van der Waals surface area contributed by atoms with Crippen LogP contribution in [0.2, 0.25) is 0 Å². The summed E-state index contributed by atoms with van der Waals surface area (Å²) in [6.45, 7) is 2.30. The molecule has 2 fully saturated rings. The third kappa shape index (κ3) is 1.86. The van der Waals surface area contributed by atoms with Crippen molar-refractivity contribution in [1.82, 2.24) is 5.32 Å². The zero-order chi connectivity index (χ0) is 9.97. The summed E-state index contributed by atoms with van der Waals surface area (Å²) in [4.78, 5) is 11.2. The van der Waals surface area contributed by atoms with Gasteiger partial charge in [0.15, 0.2) is 0 Å². The number of fused-ring (bicyclic) bond motifs is 1. The molecule has 1 N–H and O–H groups in total. The van der Waals surface area contributed by atoms with Crippen LogP contribution in [0.1, 0.15) is 39.0 Å². The highest BCUT2D eigenvalue weighted by Gasteiger charge is 2.42. The highest BCUT2D eigenvalue weighted by Crippen LogP contribution is 2.44. The molecule has 0 radical (unpaired) electrons. The van der Waals surface area contributed by atoms with E-state index in [2.05, 4.69) is 5.32 Å². The van der Waals surface area contributed by atoms with Gasteiger partial charge in [-0.25, -0.2) is 4.79 Å². The predicted octanol–water partition coefficient (Wildman–Crippen LogP) is 2.31. The fourth-order valence-corrected chi connectivity index (χ4v) is 2.85. The van der Waals surface area contributed by atoms with Crippen molar-refractivity contribution in [3.63, 3.8) is 0 Å². The minimum Gasteiger partial charge on any atom is -0.450 e. The number of alkyl carbamates (subject to hydrolysis) is 1. The number of carbonyl (C=O) groups excluding carboxylic acids is 1. The summed E-state index contributed by atoms with van der Waals surface area (Å²) in [5.41, 5.74) is 0. The van der Waals surface area contributed by atoms with Crippen LogP contribution in [-0.4, -0.2) is 18.7 Å². The first-order valence-corrected chi connectivity index (χ1v) is 5.74. The van der Waals surface area contributed by atoms with Gasteiger partial charge in [-0.15, -0.1) is 0 Å². The minimum atomic E-state index is -0.235. The molecule has 1 amide bonds. The summed E-state index contributed by atoms with van der Waals surface area (Å²) < 4.78 is 4.88. The average Bonchev–Trinajstić information content (AvgIpc) is 2.15. The van der Waals surface area contributed by atoms with Gasteiger partial charge in [0.1, 0.15) is 0 Å². The maximum Gasteiger partial charge on any atom is 0.407 e. The first kappa shape index (κ1) is 9.81. The van der Waals surface area contributed by atoms with Crippen molar-refractivity contribution in [3.05, 3.63) is 0 Å². The maximum absolute atomic E-state index is 11.2. The van der Waals surface area contributed by atoms with E-state index in [1.165, 1.54) is 32.1 Å². The summed E-state index contributed by atoms with van der Waals surface area (Å²) in [5, 5.41) is 2.96. The Morgan fingerprint density at radius 1 is 1.43 bits per heavy atom. The second-order valence-corrected chi connectivity index (χ2v) is 4.42. The van der Waals surface area contributed by atoms with Crippen LogP contribution in [0.25, 0.3) is 0 Å². The highest BCUT2D eigenvalue weighted by molar-refractivity contribution is 5.67. The topological polar surface area (TPSA) is 38.3 Å². The molecule has 0 aromatic rings. The second-order valence-electron chi connectivity index (χ2n) is 4.42. The lowest BCUT2D eigenvalue weighted by Gasteiger charge is -2.47. The predicted molar refractivity (Wildman–Crippen MR) is 54.0 cm³/mol. The number of amides is 1. The summed E-state index contributed by atoms with van der Waals surface area (Å²) in [5.74, 6) is 1.63. The van der Waals surface area contributed by atoms with Gasteiger partial charge in [0.25, 0.3) is 0 Å². The Bertz CT molecular complexity index is 217. The lowest BCUT2D eigenvalue weighted by atomic mass is 9.62. The van der Waals surface area contributed by atoms with Gasteiger partial charge in [0.2, 0.25) is 0 Å². The molecule has 2 saturated carbocycles. The van der Waals surface area contributed by atoms with Gasteiger partial charge < -0.3 is 10.1 Å². The molecule has 0 aromatic heterocycles. The van der Waals surface area contributed by atoms with Gasteiger partial charge >= 0.3 is 6.09 Å². The van der Waals surface area contributed by atoms with Gasteiger partial charge in [-0.05, 0) is 31.6 Å². The molecule has 3 heteroatoms. The Hall–Kier alpha value is -0.730. The number of ether oxygens (including phenoxy) is 1. The summed E-state index contributed by atoms with van der Waals surface area (Å²) in [6.07, 6.45) is 6.31. The van der Waals surface area contributed by atoms with Crippen LogP contribution < -0.4 is 5.32 Å². The number of rotatable bonds is 2. The van der Waals surface area contributed by atoms with Crippen molar-refractivity contribution < 1.29 is 9.53 Å². The molecule has 2 aliphatic rings.